The van der Waals surface area contributed by atoms with Gasteiger partial charge in [0, 0.05) is 30.1 Å². The quantitative estimate of drug-likeness (QED) is 0.847. The Balaban J connectivity index is 2.18. The molecule has 0 atom stereocenters. The summed E-state index contributed by atoms with van der Waals surface area (Å²) in [4.78, 5) is 27.5. The van der Waals surface area contributed by atoms with Crippen LogP contribution in [0.2, 0.25) is 0 Å². The van der Waals surface area contributed by atoms with Crippen molar-refractivity contribution < 1.29 is 9.59 Å². The Morgan fingerprint density at radius 1 is 1.10 bits per heavy atom. The van der Waals surface area contributed by atoms with Gasteiger partial charge in [0.25, 0.3) is 11.8 Å². The number of aromatic nitrogens is 1. The second kappa shape index (κ2) is 6.29. The number of amides is 2. The van der Waals surface area contributed by atoms with Gasteiger partial charge in [-0.05, 0) is 46.3 Å². The van der Waals surface area contributed by atoms with E-state index in [1.165, 1.54) is 0 Å². The average Bonchev–Trinajstić information content (AvgIpc) is 2.46. The number of rotatable bonds is 3. The van der Waals surface area contributed by atoms with E-state index in [1.54, 1.807) is 49.6 Å². The monoisotopic (exact) mass is 333 g/mol. The lowest BCUT2D eigenvalue weighted by Gasteiger charge is -2.07. The zero-order chi connectivity index (χ0) is 14.5. The summed E-state index contributed by atoms with van der Waals surface area (Å²) in [6, 6.07) is 9.97. The van der Waals surface area contributed by atoms with Crippen molar-refractivity contribution in [1.82, 2.24) is 10.3 Å². The second-order valence-electron chi connectivity index (χ2n) is 3.98. The molecule has 102 valence electrons. The molecule has 1 aromatic heterocycles. The summed E-state index contributed by atoms with van der Waals surface area (Å²) in [7, 11) is 1.56. The Kier molecular flexibility index (Phi) is 4.47. The lowest BCUT2D eigenvalue weighted by Crippen LogP contribution is -2.18. The normalized spacial score (nSPS) is 9.90. The van der Waals surface area contributed by atoms with Crippen LogP contribution < -0.4 is 10.6 Å². The van der Waals surface area contributed by atoms with Crippen LogP contribution in [0.4, 0.5) is 5.69 Å². The highest BCUT2D eigenvalue weighted by Crippen LogP contribution is 2.14. The number of anilines is 1. The van der Waals surface area contributed by atoms with E-state index in [4.69, 9.17) is 0 Å². The Labute approximate surface area is 124 Å². The number of benzene rings is 1. The first-order chi connectivity index (χ1) is 9.60. The summed E-state index contributed by atoms with van der Waals surface area (Å²) >= 11 is 3.21. The van der Waals surface area contributed by atoms with Gasteiger partial charge in [0.15, 0.2) is 0 Å². The first-order valence-electron chi connectivity index (χ1n) is 5.85. The molecule has 5 nitrogen and oxygen atoms in total. The molecule has 0 aliphatic rings. The first kappa shape index (κ1) is 14.2. The van der Waals surface area contributed by atoms with Crippen LogP contribution in [0.25, 0.3) is 0 Å². The maximum Gasteiger partial charge on any atom is 0.255 e. The molecule has 0 bridgehead atoms. The number of hydrogen-bond acceptors (Lipinski definition) is 3. The zero-order valence-corrected chi connectivity index (χ0v) is 12.3. The van der Waals surface area contributed by atoms with Crippen LogP contribution in [0.1, 0.15) is 20.7 Å². The molecule has 2 aromatic rings. The van der Waals surface area contributed by atoms with E-state index in [-0.39, 0.29) is 11.8 Å². The minimum atomic E-state index is -0.262. The highest BCUT2D eigenvalue weighted by Gasteiger charge is 2.08. The minimum absolute atomic E-state index is 0.201. The van der Waals surface area contributed by atoms with Crippen LogP contribution in [0, 0.1) is 0 Å². The van der Waals surface area contributed by atoms with Crippen molar-refractivity contribution in [2.24, 2.45) is 0 Å². The summed E-state index contributed by atoms with van der Waals surface area (Å²) in [5.74, 6) is -0.463. The van der Waals surface area contributed by atoms with Gasteiger partial charge in [0.2, 0.25) is 0 Å². The summed E-state index contributed by atoms with van der Waals surface area (Å²) < 4.78 is 0.587. The standard InChI is InChI=1S/C14H12BrN3O2/c1-16-13(19)9-3-2-4-11(7-9)18-14(20)10-5-6-17-12(15)8-10/h2-8H,1H3,(H,16,19)(H,18,20). The molecule has 0 aliphatic carbocycles. The Hall–Kier alpha value is -2.21. The molecule has 0 saturated heterocycles. The fourth-order valence-electron chi connectivity index (χ4n) is 1.63. The van der Waals surface area contributed by atoms with Crippen LogP contribution in [-0.2, 0) is 0 Å². The summed E-state index contributed by atoms with van der Waals surface area (Å²) in [5, 5.41) is 5.27. The third kappa shape index (κ3) is 3.42. The third-order valence-electron chi connectivity index (χ3n) is 2.60. The van der Waals surface area contributed by atoms with Gasteiger partial charge >= 0.3 is 0 Å². The molecule has 0 saturated carbocycles. The molecule has 1 heterocycles. The van der Waals surface area contributed by atoms with Crippen LogP contribution in [0.3, 0.4) is 0 Å². The van der Waals surface area contributed by atoms with Crippen molar-refractivity contribution in [3.05, 3.63) is 58.3 Å². The number of nitrogens with zero attached hydrogens (tertiary/aromatic N) is 1. The Morgan fingerprint density at radius 2 is 1.85 bits per heavy atom. The fourth-order valence-corrected chi connectivity index (χ4v) is 1.99. The lowest BCUT2D eigenvalue weighted by molar-refractivity contribution is 0.0961. The largest absolute Gasteiger partial charge is 0.355 e. The second-order valence-corrected chi connectivity index (χ2v) is 4.79. The van der Waals surface area contributed by atoms with Gasteiger partial charge in [-0.15, -0.1) is 0 Å². The van der Waals surface area contributed by atoms with Crippen molar-refractivity contribution in [2.75, 3.05) is 12.4 Å². The maximum absolute atomic E-state index is 12.1. The summed E-state index contributed by atoms with van der Waals surface area (Å²) in [5.41, 5.74) is 1.53. The van der Waals surface area contributed by atoms with E-state index in [0.29, 0.717) is 21.4 Å². The fraction of sp³-hybridized carbons (Fsp3) is 0.0714. The van der Waals surface area contributed by atoms with Crippen molar-refractivity contribution in [1.29, 1.82) is 0 Å². The Morgan fingerprint density at radius 3 is 2.55 bits per heavy atom. The number of hydrogen-bond donors (Lipinski definition) is 2. The Bertz CT molecular complexity index is 658. The molecule has 6 heteroatoms. The molecular weight excluding hydrogens is 322 g/mol. The molecule has 0 spiro atoms. The number of nitrogens with one attached hydrogen (secondary N) is 2. The lowest BCUT2D eigenvalue weighted by atomic mass is 10.2. The van der Waals surface area contributed by atoms with Gasteiger partial charge in [-0.2, -0.15) is 0 Å². The molecule has 1 aromatic carbocycles. The molecule has 2 amide bonds. The van der Waals surface area contributed by atoms with E-state index in [2.05, 4.69) is 31.5 Å². The summed E-state index contributed by atoms with van der Waals surface area (Å²) in [6.45, 7) is 0. The van der Waals surface area contributed by atoms with Crippen molar-refractivity contribution in [3.63, 3.8) is 0 Å². The highest BCUT2D eigenvalue weighted by atomic mass is 79.9. The van der Waals surface area contributed by atoms with Gasteiger partial charge in [-0.1, -0.05) is 6.07 Å². The zero-order valence-electron chi connectivity index (χ0n) is 10.7. The SMILES string of the molecule is CNC(=O)c1cccc(NC(=O)c2ccnc(Br)c2)c1. The molecule has 0 unspecified atom stereocenters. The van der Waals surface area contributed by atoms with Gasteiger partial charge in [-0.25, -0.2) is 4.98 Å². The molecule has 20 heavy (non-hydrogen) atoms. The first-order valence-corrected chi connectivity index (χ1v) is 6.64. The molecule has 0 fully saturated rings. The number of carbonyl (C=O) groups excluding carboxylic acids is 2. The molecule has 0 radical (unpaired) electrons. The van der Waals surface area contributed by atoms with E-state index < -0.39 is 0 Å². The van der Waals surface area contributed by atoms with Gasteiger partial charge in [0.1, 0.15) is 4.60 Å². The summed E-state index contributed by atoms with van der Waals surface area (Å²) in [6.07, 6.45) is 1.54. The molecule has 2 rings (SSSR count). The predicted molar refractivity (Wildman–Crippen MR) is 79.7 cm³/mol. The minimum Gasteiger partial charge on any atom is -0.355 e. The van der Waals surface area contributed by atoms with E-state index >= 15 is 0 Å². The van der Waals surface area contributed by atoms with Crippen LogP contribution in [0.5, 0.6) is 0 Å². The van der Waals surface area contributed by atoms with Crippen LogP contribution >= 0.6 is 15.9 Å². The predicted octanol–water partition coefficient (Wildman–Crippen LogP) is 2.46. The number of pyridine rings is 1. The van der Waals surface area contributed by atoms with Gasteiger partial charge < -0.3 is 10.6 Å². The van der Waals surface area contributed by atoms with E-state index in [9.17, 15) is 9.59 Å². The van der Waals surface area contributed by atoms with Crippen LogP contribution in [0.15, 0.2) is 47.2 Å². The van der Waals surface area contributed by atoms with Crippen LogP contribution in [-0.4, -0.2) is 23.8 Å². The van der Waals surface area contributed by atoms with Gasteiger partial charge in [-0.3, -0.25) is 9.59 Å². The van der Waals surface area contributed by atoms with Crippen molar-refractivity contribution >= 4 is 33.4 Å². The maximum atomic E-state index is 12.1. The number of halogens is 1. The van der Waals surface area contributed by atoms with E-state index in [1.807, 2.05) is 0 Å². The average molecular weight is 334 g/mol. The molecule has 2 N–H and O–H groups in total. The topological polar surface area (TPSA) is 71.1 Å². The van der Waals surface area contributed by atoms with Crippen molar-refractivity contribution in [2.45, 2.75) is 0 Å². The molecular formula is C14H12BrN3O2. The smallest absolute Gasteiger partial charge is 0.255 e. The van der Waals surface area contributed by atoms with E-state index in [0.717, 1.165) is 0 Å². The van der Waals surface area contributed by atoms with Crippen molar-refractivity contribution in [3.8, 4) is 0 Å². The number of carbonyl (C=O) groups is 2. The van der Waals surface area contributed by atoms with Gasteiger partial charge in [0.05, 0.1) is 0 Å². The highest BCUT2D eigenvalue weighted by molar-refractivity contribution is 9.10. The third-order valence-corrected chi connectivity index (χ3v) is 3.03. The molecule has 0 aliphatic heterocycles.